The van der Waals surface area contributed by atoms with E-state index in [-0.39, 0.29) is 11.0 Å². The van der Waals surface area contributed by atoms with Crippen LogP contribution in [0.2, 0.25) is 0 Å². The van der Waals surface area contributed by atoms with Gasteiger partial charge in [-0.25, -0.2) is 4.98 Å². The smallest absolute Gasteiger partial charge is 0.248 e. The Labute approximate surface area is 158 Å². The van der Waals surface area contributed by atoms with Crippen LogP contribution in [0.25, 0.3) is 44.5 Å². The Morgan fingerprint density at radius 1 is 1.00 bits per heavy atom. The van der Waals surface area contributed by atoms with E-state index in [1.54, 1.807) is 16.9 Å². The average molecular weight is 369 g/mol. The number of aromatic amines is 2. The maximum Gasteiger partial charge on any atom is 0.248 e. The van der Waals surface area contributed by atoms with Gasteiger partial charge in [-0.15, -0.1) is 0 Å². The molecular formula is C21H15N5O2. The number of rotatable bonds is 2. The molecule has 4 heterocycles. The number of aromatic nitrogens is 5. The Balaban J connectivity index is 1.84. The van der Waals surface area contributed by atoms with Gasteiger partial charge >= 0.3 is 0 Å². The summed E-state index contributed by atoms with van der Waals surface area (Å²) in [4.78, 5) is 34.4. The molecule has 0 spiro atoms. The number of H-pyrrole nitrogens is 2. The van der Waals surface area contributed by atoms with Crippen LogP contribution in [0.5, 0.6) is 0 Å². The van der Waals surface area contributed by atoms with Crippen LogP contribution in [-0.4, -0.2) is 24.7 Å². The molecule has 0 saturated heterocycles. The molecule has 0 fully saturated rings. The molecule has 5 rings (SSSR count). The standard InChI is InChI=1S/C21H15N5O2/c1-26-9-7-17(25-26)20-14(11-15-18(27)6-8-22-21(15)24-20)12-2-4-16-13(10-12)3-5-19(28)23-16/h2-11H,1H3,(H,23,28)(H,22,24,27). The largest absolute Gasteiger partial charge is 0.346 e. The first kappa shape index (κ1) is 16.2. The van der Waals surface area contributed by atoms with Crippen molar-refractivity contribution in [1.82, 2.24) is 24.7 Å². The minimum atomic E-state index is -0.145. The number of aryl methyl sites for hydroxylation is 1. The number of fused-ring (bicyclic) bond motifs is 2. The molecule has 0 amide bonds. The summed E-state index contributed by atoms with van der Waals surface area (Å²) in [6.07, 6.45) is 3.44. The number of hydrogen-bond donors (Lipinski definition) is 2. The minimum absolute atomic E-state index is 0.0970. The Morgan fingerprint density at radius 3 is 2.71 bits per heavy atom. The normalized spacial score (nSPS) is 11.3. The van der Waals surface area contributed by atoms with Gasteiger partial charge in [0.1, 0.15) is 17.0 Å². The Bertz CT molecular complexity index is 1480. The lowest BCUT2D eigenvalue weighted by atomic mass is 9.99. The topological polar surface area (TPSA) is 96.4 Å². The van der Waals surface area contributed by atoms with Crippen LogP contribution in [0.1, 0.15) is 0 Å². The predicted octanol–water partition coefficient (Wildman–Crippen LogP) is 2.83. The van der Waals surface area contributed by atoms with Gasteiger partial charge in [-0.2, -0.15) is 5.10 Å². The van der Waals surface area contributed by atoms with E-state index >= 15 is 0 Å². The zero-order valence-electron chi connectivity index (χ0n) is 14.9. The Hall–Kier alpha value is -4.00. The highest BCUT2D eigenvalue weighted by Gasteiger charge is 2.15. The third-order valence-corrected chi connectivity index (χ3v) is 4.73. The summed E-state index contributed by atoms with van der Waals surface area (Å²) in [5, 5.41) is 5.89. The van der Waals surface area contributed by atoms with Crippen molar-refractivity contribution in [3.05, 3.63) is 81.5 Å². The fourth-order valence-corrected chi connectivity index (χ4v) is 3.38. The van der Waals surface area contributed by atoms with Crippen molar-refractivity contribution in [3.63, 3.8) is 0 Å². The number of benzene rings is 1. The maximum absolute atomic E-state index is 12.3. The second kappa shape index (κ2) is 6.02. The summed E-state index contributed by atoms with van der Waals surface area (Å²) in [5.74, 6) is 0. The molecule has 0 atom stereocenters. The van der Waals surface area contributed by atoms with Gasteiger partial charge in [0.25, 0.3) is 0 Å². The Kier molecular flexibility index (Phi) is 3.48. The van der Waals surface area contributed by atoms with Crippen LogP contribution < -0.4 is 11.0 Å². The zero-order valence-corrected chi connectivity index (χ0v) is 14.9. The molecule has 0 bridgehead atoms. The molecule has 7 nitrogen and oxygen atoms in total. The average Bonchev–Trinajstić information content (AvgIpc) is 3.13. The van der Waals surface area contributed by atoms with Gasteiger partial charge in [0, 0.05) is 42.7 Å². The lowest BCUT2D eigenvalue weighted by Crippen LogP contribution is -2.04. The van der Waals surface area contributed by atoms with Gasteiger partial charge in [-0.05, 0) is 41.3 Å². The molecule has 1 aromatic carbocycles. The fraction of sp³-hybridized carbons (Fsp3) is 0.0476. The van der Waals surface area contributed by atoms with Gasteiger partial charge in [-0.1, -0.05) is 6.07 Å². The van der Waals surface area contributed by atoms with Crippen LogP contribution in [0, 0.1) is 0 Å². The highest BCUT2D eigenvalue weighted by atomic mass is 16.1. The number of hydrogen-bond acceptors (Lipinski definition) is 4. The SMILES string of the molecule is Cn1ccc(-c2nc3[nH]ccc(=O)c3cc2-c2ccc3[nH]c(=O)ccc3c2)n1. The molecule has 4 aromatic heterocycles. The van der Waals surface area contributed by atoms with Crippen molar-refractivity contribution in [1.29, 1.82) is 0 Å². The van der Waals surface area contributed by atoms with E-state index in [1.807, 2.05) is 43.6 Å². The first-order chi connectivity index (χ1) is 13.6. The van der Waals surface area contributed by atoms with Crippen LogP contribution in [0.4, 0.5) is 0 Å². The van der Waals surface area contributed by atoms with Crippen molar-refractivity contribution in [2.45, 2.75) is 0 Å². The predicted molar refractivity (Wildman–Crippen MR) is 108 cm³/mol. The zero-order chi connectivity index (χ0) is 19.3. The van der Waals surface area contributed by atoms with Crippen LogP contribution >= 0.6 is 0 Å². The number of nitrogens with one attached hydrogen (secondary N) is 2. The molecule has 5 aromatic rings. The second-order valence-electron chi connectivity index (χ2n) is 6.62. The second-order valence-corrected chi connectivity index (χ2v) is 6.62. The van der Waals surface area contributed by atoms with E-state index in [1.165, 1.54) is 12.1 Å². The maximum atomic E-state index is 12.3. The number of pyridine rings is 3. The summed E-state index contributed by atoms with van der Waals surface area (Å²) in [5.41, 5.74) is 4.11. The Morgan fingerprint density at radius 2 is 1.89 bits per heavy atom. The van der Waals surface area contributed by atoms with Crippen LogP contribution in [0.15, 0.2) is 70.5 Å². The molecular weight excluding hydrogens is 354 g/mol. The summed E-state index contributed by atoms with van der Waals surface area (Å²) in [7, 11) is 1.85. The van der Waals surface area contributed by atoms with Crippen molar-refractivity contribution in [3.8, 4) is 22.5 Å². The molecule has 0 aliphatic carbocycles. The van der Waals surface area contributed by atoms with Crippen LogP contribution in [-0.2, 0) is 7.05 Å². The molecule has 0 unspecified atom stereocenters. The van der Waals surface area contributed by atoms with Gasteiger partial charge in [0.05, 0.1) is 5.39 Å². The highest BCUT2D eigenvalue weighted by Crippen LogP contribution is 2.32. The molecule has 7 heteroatoms. The molecule has 28 heavy (non-hydrogen) atoms. The number of nitrogens with zero attached hydrogens (tertiary/aromatic N) is 3. The quantitative estimate of drug-likeness (QED) is 0.500. The first-order valence-corrected chi connectivity index (χ1v) is 8.74. The molecule has 0 saturated carbocycles. The lowest BCUT2D eigenvalue weighted by Gasteiger charge is -2.10. The van der Waals surface area contributed by atoms with Crippen molar-refractivity contribution >= 4 is 21.9 Å². The molecule has 136 valence electrons. The van der Waals surface area contributed by atoms with E-state index in [9.17, 15) is 9.59 Å². The fourth-order valence-electron chi connectivity index (χ4n) is 3.38. The van der Waals surface area contributed by atoms with E-state index in [0.717, 1.165) is 22.0 Å². The molecule has 0 radical (unpaired) electrons. The van der Waals surface area contributed by atoms with Gasteiger partial charge in [0.2, 0.25) is 5.56 Å². The molecule has 0 aliphatic heterocycles. The monoisotopic (exact) mass is 369 g/mol. The molecule has 2 N–H and O–H groups in total. The van der Waals surface area contributed by atoms with Gasteiger partial charge in [0.15, 0.2) is 5.43 Å². The van der Waals surface area contributed by atoms with Crippen molar-refractivity contribution in [2.75, 3.05) is 0 Å². The van der Waals surface area contributed by atoms with E-state index in [4.69, 9.17) is 4.98 Å². The van der Waals surface area contributed by atoms with Gasteiger partial charge in [-0.3, -0.25) is 14.3 Å². The first-order valence-electron chi connectivity index (χ1n) is 8.74. The van der Waals surface area contributed by atoms with Crippen LogP contribution in [0.3, 0.4) is 0 Å². The van der Waals surface area contributed by atoms with E-state index < -0.39 is 0 Å². The highest BCUT2D eigenvalue weighted by molar-refractivity contribution is 5.92. The van der Waals surface area contributed by atoms with Crippen molar-refractivity contribution in [2.24, 2.45) is 7.05 Å². The summed E-state index contributed by atoms with van der Waals surface area (Å²) >= 11 is 0. The van der Waals surface area contributed by atoms with E-state index in [2.05, 4.69) is 15.1 Å². The third-order valence-electron chi connectivity index (χ3n) is 4.73. The van der Waals surface area contributed by atoms with Gasteiger partial charge < -0.3 is 9.97 Å². The lowest BCUT2D eigenvalue weighted by molar-refractivity contribution is 0.770. The summed E-state index contributed by atoms with van der Waals surface area (Å²) in [6, 6.07) is 14.2. The van der Waals surface area contributed by atoms with E-state index in [0.29, 0.717) is 22.4 Å². The minimum Gasteiger partial charge on any atom is -0.346 e. The summed E-state index contributed by atoms with van der Waals surface area (Å²) < 4.78 is 1.71. The van der Waals surface area contributed by atoms with Crippen molar-refractivity contribution < 1.29 is 0 Å². The molecule has 0 aliphatic rings. The summed E-state index contributed by atoms with van der Waals surface area (Å²) in [6.45, 7) is 0. The third kappa shape index (κ3) is 2.61.